The highest BCUT2D eigenvalue weighted by atomic mass is 16.5. The minimum Gasteiger partial charge on any atom is -0.364 e. The van der Waals surface area contributed by atoms with Gasteiger partial charge in [0.05, 0.1) is 0 Å². The lowest BCUT2D eigenvalue weighted by Crippen LogP contribution is -2.21. The van der Waals surface area contributed by atoms with Crippen LogP contribution < -0.4 is 5.32 Å². The lowest BCUT2D eigenvalue weighted by Gasteiger charge is -2.08. The first-order chi connectivity index (χ1) is 7.75. The highest BCUT2D eigenvalue weighted by molar-refractivity contribution is 5.58. The first-order valence-electron chi connectivity index (χ1n) is 5.49. The molecule has 0 aliphatic carbocycles. The SMILES string of the molecule is CC(C)NCc1ccc(-c2ccon2)cc1. The molecule has 84 valence electrons. The van der Waals surface area contributed by atoms with Gasteiger partial charge in [-0.05, 0) is 5.56 Å². The summed E-state index contributed by atoms with van der Waals surface area (Å²) in [6, 6.07) is 10.7. The van der Waals surface area contributed by atoms with E-state index in [9.17, 15) is 0 Å². The third-order valence-electron chi connectivity index (χ3n) is 2.40. The van der Waals surface area contributed by atoms with Gasteiger partial charge in [0.15, 0.2) is 0 Å². The van der Waals surface area contributed by atoms with Gasteiger partial charge < -0.3 is 9.84 Å². The van der Waals surface area contributed by atoms with Crippen molar-refractivity contribution in [1.29, 1.82) is 0 Å². The molecule has 1 aromatic heterocycles. The fraction of sp³-hybridized carbons (Fsp3) is 0.308. The smallest absolute Gasteiger partial charge is 0.124 e. The van der Waals surface area contributed by atoms with E-state index in [0.717, 1.165) is 17.8 Å². The van der Waals surface area contributed by atoms with Gasteiger partial charge in [-0.3, -0.25) is 0 Å². The zero-order chi connectivity index (χ0) is 11.4. The predicted molar refractivity (Wildman–Crippen MR) is 63.9 cm³/mol. The third kappa shape index (κ3) is 2.70. The summed E-state index contributed by atoms with van der Waals surface area (Å²) in [5.41, 5.74) is 3.24. The predicted octanol–water partition coefficient (Wildman–Crippen LogP) is 2.84. The van der Waals surface area contributed by atoms with E-state index in [0.29, 0.717) is 6.04 Å². The fourth-order valence-corrected chi connectivity index (χ4v) is 1.48. The van der Waals surface area contributed by atoms with Crippen molar-refractivity contribution in [3.8, 4) is 11.3 Å². The molecule has 0 aliphatic rings. The molecule has 0 saturated carbocycles. The van der Waals surface area contributed by atoms with Crippen LogP contribution in [0.4, 0.5) is 0 Å². The van der Waals surface area contributed by atoms with Gasteiger partial charge in [0.25, 0.3) is 0 Å². The van der Waals surface area contributed by atoms with Gasteiger partial charge in [0.2, 0.25) is 0 Å². The van der Waals surface area contributed by atoms with Gasteiger partial charge in [-0.15, -0.1) is 0 Å². The molecular weight excluding hydrogens is 200 g/mol. The van der Waals surface area contributed by atoms with Gasteiger partial charge in [-0.1, -0.05) is 43.3 Å². The Kier molecular flexibility index (Phi) is 3.37. The van der Waals surface area contributed by atoms with Crippen LogP contribution in [0.25, 0.3) is 11.3 Å². The summed E-state index contributed by atoms with van der Waals surface area (Å²) in [4.78, 5) is 0. The van der Waals surface area contributed by atoms with E-state index in [1.807, 2.05) is 6.07 Å². The van der Waals surface area contributed by atoms with Crippen LogP contribution in [0.3, 0.4) is 0 Å². The summed E-state index contributed by atoms with van der Waals surface area (Å²) in [7, 11) is 0. The Morgan fingerprint density at radius 3 is 2.50 bits per heavy atom. The number of hydrogen-bond donors (Lipinski definition) is 1. The molecule has 2 rings (SSSR count). The van der Waals surface area contributed by atoms with Crippen molar-refractivity contribution in [2.75, 3.05) is 0 Å². The van der Waals surface area contributed by atoms with Crippen molar-refractivity contribution in [2.24, 2.45) is 0 Å². The molecule has 1 N–H and O–H groups in total. The Bertz CT molecular complexity index is 418. The average Bonchev–Trinajstić information content (AvgIpc) is 2.80. The van der Waals surface area contributed by atoms with Crippen LogP contribution in [0.5, 0.6) is 0 Å². The maximum atomic E-state index is 4.82. The van der Waals surface area contributed by atoms with E-state index in [1.165, 1.54) is 5.56 Å². The lowest BCUT2D eigenvalue weighted by atomic mass is 10.1. The van der Waals surface area contributed by atoms with Crippen LogP contribution in [0.15, 0.2) is 41.1 Å². The second kappa shape index (κ2) is 4.94. The van der Waals surface area contributed by atoms with Crippen molar-refractivity contribution < 1.29 is 4.52 Å². The zero-order valence-electron chi connectivity index (χ0n) is 9.60. The van der Waals surface area contributed by atoms with Gasteiger partial charge in [0, 0.05) is 24.2 Å². The number of rotatable bonds is 4. The number of benzene rings is 1. The van der Waals surface area contributed by atoms with E-state index < -0.39 is 0 Å². The van der Waals surface area contributed by atoms with E-state index in [-0.39, 0.29) is 0 Å². The Morgan fingerprint density at radius 2 is 1.94 bits per heavy atom. The fourth-order valence-electron chi connectivity index (χ4n) is 1.48. The largest absolute Gasteiger partial charge is 0.364 e. The molecule has 0 radical (unpaired) electrons. The standard InChI is InChI=1S/C13H16N2O/c1-10(2)14-9-11-3-5-12(6-4-11)13-7-8-16-15-13/h3-8,10,14H,9H2,1-2H3. The summed E-state index contributed by atoms with van der Waals surface area (Å²) in [6.45, 7) is 5.18. The molecule has 3 heteroatoms. The third-order valence-corrected chi connectivity index (χ3v) is 2.40. The van der Waals surface area contributed by atoms with Crippen LogP contribution in [-0.2, 0) is 6.54 Å². The minimum absolute atomic E-state index is 0.509. The molecule has 0 unspecified atom stereocenters. The maximum Gasteiger partial charge on any atom is 0.124 e. The molecule has 1 heterocycles. The van der Waals surface area contributed by atoms with Gasteiger partial charge in [0.1, 0.15) is 12.0 Å². The van der Waals surface area contributed by atoms with Crippen LogP contribution in [-0.4, -0.2) is 11.2 Å². The first kappa shape index (κ1) is 10.9. The molecule has 0 amide bonds. The molecule has 0 aliphatic heterocycles. The Hall–Kier alpha value is -1.61. The van der Waals surface area contributed by atoms with Crippen molar-refractivity contribution in [3.63, 3.8) is 0 Å². The first-order valence-corrected chi connectivity index (χ1v) is 5.49. The second-order valence-corrected chi connectivity index (χ2v) is 4.12. The summed E-state index contributed by atoms with van der Waals surface area (Å²) < 4.78 is 4.82. The van der Waals surface area contributed by atoms with Crippen molar-refractivity contribution in [2.45, 2.75) is 26.4 Å². The zero-order valence-corrected chi connectivity index (χ0v) is 9.60. The van der Waals surface area contributed by atoms with Gasteiger partial charge >= 0.3 is 0 Å². The van der Waals surface area contributed by atoms with Crippen LogP contribution >= 0.6 is 0 Å². The monoisotopic (exact) mass is 216 g/mol. The normalized spacial score (nSPS) is 10.9. The van der Waals surface area contributed by atoms with Crippen molar-refractivity contribution in [3.05, 3.63) is 42.2 Å². The molecule has 0 atom stereocenters. The molecular formula is C13H16N2O. The average molecular weight is 216 g/mol. The molecule has 0 spiro atoms. The quantitative estimate of drug-likeness (QED) is 0.854. The number of nitrogens with zero attached hydrogens (tertiary/aromatic N) is 1. The van der Waals surface area contributed by atoms with Crippen LogP contribution in [0.1, 0.15) is 19.4 Å². The minimum atomic E-state index is 0.509. The maximum absolute atomic E-state index is 4.82. The summed E-state index contributed by atoms with van der Waals surface area (Å²) in [6.07, 6.45) is 1.59. The summed E-state index contributed by atoms with van der Waals surface area (Å²) >= 11 is 0. The summed E-state index contributed by atoms with van der Waals surface area (Å²) in [5.74, 6) is 0. The molecule has 0 bridgehead atoms. The van der Waals surface area contributed by atoms with Crippen LogP contribution in [0, 0.1) is 0 Å². The molecule has 0 fully saturated rings. The Morgan fingerprint density at radius 1 is 1.19 bits per heavy atom. The van der Waals surface area contributed by atoms with E-state index in [1.54, 1.807) is 6.26 Å². The Labute approximate surface area is 95.5 Å². The highest BCUT2D eigenvalue weighted by Gasteiger charge is 2.01. The number of aromatic nitrogens is 1. The van der Waals surface area contributed by atoms with E-state index in [2.05, 4.69) is 48.6 Å². The van der Waals surface area contributed by atoms with Crippen molar-refractivity contribution >= 4 is 0 Å². The Balaban J connectivity index is 2.05. The van der Waals surface area contributed by atoms with E-state index in [4.69, 9.17) is 4.52 Å². The topological polar surface area (TPSA) is 38.1 Å². The molecule has 3 nitrogen and oxygen atoms in total. The lowest BCUT2D eigenvalue weighted by molar-refractivity contribution is 0.422. The van der Waals surface area contributed by atoms with E-state index >= 15 is 0 Å². The van der Waals surface area contributed by atoms with Gasteiger partial charge in [-0.2, -0.15) is 0 Å². The second-order valence-electron chi connectivity index (χ2n) is 4.12. The molecule has 16 heavy (non-hydrogen) atoms. The van der Waals surface area contributed by atoms with Crippen LogP contribution in [0.2, 0.25) is 0 Å². The van der Waals surface area contributed by atoms with Crippen molar-refractivity contribution in [1.82, 2.24) is 10.5 Å². The highest BCUT2D eigenvalue weighted by Crippen LogP contribution is 2.17. The molecule has 1 aromatic carbocycles. The molecule has 2 aromatic rings. The molecule has 0 saturated heterocycles. The number of nitrogens with one attached hydrogen (secondary N) is 1. The van der Waals surface area contributed by atoms with Gasteiger partial charge in [-0.25, -0.2) is 0 Å². The summed E-state index contributed by atoms with van der Waals surface area (Å²) in [5, 5.41) is 7.28. The number of hydrogen-bond acceptors (Lipinski definition) is 3.